The second-order valence-corrected chi connectivity index (χ2v) is 10.2. The molecule has 4 aromatic rings. The summed E-state index contributed by atoms with van der Waals surface area (Å²) in [5, 5.41) is 3.49. The van der Waals surface area contributed by atoms with Crippen LogP contribution in [0, 0.1) is 6.92 Å². The molecule has 2 unspecified atom stereocenters. The van der Waals surface area contributed by atoms with Crippen molar-refractivity contribution in [3.63, 3.8) is 0 Å². The summed E-state index contributed by atoms with van der Waals surface area (Å²) in [7, 11) is 0. The summed E-state index contributed by atoms with van der Waals surface area (Å²) in [6.45, 7) is 6.92. The maximum Gasteiger partial charge on any atom is 0.338 e. The molecular formula is C33H33NO4. The van der Waals surface area contributed by atoms with Crippen molar-refractivity contribution >= 4 is 11.7 Å². The zero-order valence-electron chi connectivity index (χ0n) is 22.0. The van der Waals surface area contributed by atoms with Gasteiger partial charge in [0.2, 0.25) is 0 Å². The number of anilines is 1. The first kappa shape index (κ1) is 25.6. The number of esters is 1. The number of benzene rings is 4. The van der Waals surface area contributed by atoms with E-state index in [0.717, 1.165) is 28.1 Å². The Morgan fingerprint density at radius 1 is 0.868 bits per heavy atom. The van der Waals surface area contributed by atoms with E-state index < -0.39 is 23.8 Å². The van der Waals surface area contributed by atoms with E-state index in [2.05, 4.69) is 17.4 Å². The van der Waals surface area contributed by atoms with E-state index in [1.54, 1.807) is 12.1 Å². The van der Waals surface area contributed by atoms with E-state index in [1.807, 2.05) is 99.6 Å². The van der Waals surface area contributed by atoms with Gasteiger partial charge in [-0.3, -0.25) is 0 Å². The third-order valence-corrected chi connectivity index (χ3v) is 6.78. The molecule has 1 heterocycles. The van der Waals surface area contributed by atoms with Crippen molar-refractivity contribution in [1.82, 2.24) is 0 Å². The molecule has 0 saturated heterocycles. The number of fused-ring (bicyclic) bond motifs is 1. The van der Waals surface area contributed by atoms with Gasteiger partial charge in [0, 0.05) is 17.8 Å². The van der Waals surface area contributed by atoms with Gasteiger partial charge < -0.3 is 19.5 Å². The van der Waals surface area contributed by atoms with Gasteiger partial charge in [0.25, 0.3) is 0 Å². The topological polar surface area (TPSA) is 56.8 Å². The highest BCUT2D eigenvalue weighted by molar-refractivity contribution is 5.89. The largest absolute Gasteiger partial charge is 0.483 e. The average Bonchev–Trinajstić information content (AvgIpc) is 2.93. The van der Waals surface area contributed by atoms with E-state index in [4.69, 9.17) is 14.2 Å². The molecule has 194 valence electrons. The van der Waals surface area contributed by atoms with E-state index in [0.29, 0.717) is 18.7 Å². The smallest absolute Gasteiger partial charge is 0.338 e. The van der Waals surface area contributed by atoms with Crippen LogP contribution in [0.4, 0.5) is 5.69 Å². The Morgan fingerprint density at radius 2 is 1.53 bits per heavy atom. The third-order valence-electron chi connectivity index (χ3n) is 6.78. The molecule has 0 aliphatic carbocycles. The number of aryl methyl sites for hydroxylation is 1. The minimum atomic E-state index is -0.812. The summed E-state index contributed by atoms with van der Waals surface area (Å²) in [5.74, 6) is 0.322. The number of hydrogen-bond donors (Lipinski definition) is 1. The molecule has 5 heteroatoms. The van der Waals surface area contributed by atoms with Crippen molar-refractivity contribution in [3.8, 4) is 5.75 Å². The van der Waals surface area contributed by atoms with Gasteiger partial charge in [-0.15, -0.1) is 0 Å². The molecule has 4 aromatic carbocycles. The molecule has 5 rings (SSSR count). The minimum Gasteiger partial charge on any atom is -0.483 e. The monoisotopic (exact) mass is 507 g/mol. The van der Waals surface area contributed by atoms with Crippen molar-refractivity contribution in [1.29, 1.82) is 0 Å². The van der Waals surface area contributed by atoms with E-state index in [1.165, 1.54) is 5.56 Å². The molecule has 1 aliphatic rings. The van der Waals surface area contributed by atoms with Gasteiger partial charge in [-0.1, -0.05) is 78.4 Å². The van der Waals surface area contributed by atoms with Gasteiger partial charge in [-0.2, -0.15) is 0 Å². The Labute approximate surface area is 224 Å². The molecule has 0 aromatic heterocycles. The van der Waals surface area contributed by atoms with Crippen LogP contribution in [0.25, 0.3) is 0 Å². The first-order chi connectivity index (χ1) is 18.4. The molecule has 0 bridgehead atoms. The van der Waals surface area contributed by atoms with Crippen molar-refractivity contribution in [2.45, 2.75) is 51.7 Å². The number of hydrogen-bond acceptors (Lipinski definition) is 5. The Morgan fingerprint density at radius 3 is 2.21 bits per heavy atom. The number of nitrogens with one attached hydrogen (secondary N) is 1. The Balaban J connectivity index is 1.45. The molecule has 0 spiro atoms. The maximum absolute atomic E-state index is 13.2. The lowest BCUT2D eigenvalue weighted by Crippen LogP contribution is -2.51. The molecule has 38 heavy (non-hydrogen) atoms. The zero-order chi connectivity index (χ0) is 26.5. The molecule has 1 aliphatic heterocycles. The van der Waals surface area contributed by atoms with Crippen molar-refractivity contribution < 1.29 is 19.0 Å². The van der Waals surface area contributed by atoms with Gasteiger partial charge in [0.15, 0.2) is 6.10 Å². The Kier molecular flexibility index (Phi) is 7.47. The van der Waals surface area contributed by atoms with Gasteiger partial charge >= 0.3 is 5.97 Å². The highest BCUT2D eigenvalue weighted by Crippen LogP contribution is 2.45. The summed E-state index contributed by atoms with van der Waals surface area (Å²) in [5.41, 5.74) is 4.78. The fourth-order valence-corrected chi connectivity index (χ4v) is 4.66. The molecule has 0 radical (unpaired) electrons. The fourth-order valence-electron chi connectivity index (χ4n) is 4.66. The van der Waals surface area contributed by atoms with Gasteiger partial charge in [-0.05, 0) is 62.2 Å². The van der Waals surface area contributed by atoms with Crippen LogP contribution in [-0.2, 0) is 22.6 Å². The lowest BCUT2D eigenvalue weighted by molar-refractivity contribution is -0.143. The van der Waals surface area contributed by atoms with Crippen LogP contribution in [-0.4, -0.2) is 17.7 Å². The summed E-state index contributed by atoms with van der Waals surface area (Å²) >= 11 is 0. The first-order valence-corrected chi connectivity index (χ1v) is 12.9. The predicted octanol–water partition coefficient (Wildman–Crippen LogP) is 7.26. The number of carbonyl (C=O) groups excluding carboxylic acids is 1. The van der Waals surface area contributed by atoms with E-state index in [-0.39, 0.29) is 0 Å². The molecule has 0 amide bonds. The number of ether oxygens (including phenoxy) is 3. The van der Waals surface area contributed by atoms with Crippen LogP contribution >= 0.6 is 0 Å². The summed E-state index contributed by atoms with van der Waals surface area (Å²) in [4.78, 5) is 13.2. The highest BCUT2D eigenvalue weighted by Gasteiger charge is 2.47. The maximum atomic E-state index is 13.2. The van der Waals surface area contributed by atoms with Crippen LogP contribution < -0.4 is 10.1 Å². The van der Waals surface area contributed by atoms with Gasteiger partial charge in [0.05, 0.1) is 12.2 Å². The lowest BCUT2D eigenvalue weighted by atomic mass is 9.87. The summed E-state index contributed by atoms with van der Waals surface area (Å²) in [6.07, 6.45) is -1.20. The van der Waals surface area contributed by atoms with Crippen LogP contribution in [0.2, 0.25) is 0 Å². The van der Waals surface area contributed by atoms with Crippen LogP contribution in [0.1, 0.15) is 52.6 Å². The molecule has 0 fully saturated rings. The van der Waals surface area contributed by atoms with E-state index in [9.17, 15) is 4.79 Å². The Bertz CT molecular complexity index is 1370. The normalized spacial score (nSPS) is 17.7. The molecule has 2 atom stereocenters. The zero-order valence-corrected chi connectivity index (χ0v) is 22.0. The standard InChI is InChI=1S/C33H33NO4/c1-23-14-16-26(17-15-23)32(35)37-31-30(36-22-25-12-8-5-9-13-25)28-20-27(18-19-29(28)38-33(31,2)3)34-21-24-10-6-4-7-11-24/h4-20,30-31,34H,21-22H2,1-3H3. The third kappa shape index (κ3) is 5.90. The number of rotatable bonds is 8. The van der Waals surface area contributed by atoms with Crippen LogP contribution in [0.3, 0.4) is 0 Å². The fraction of sp³-hybridized carbons (Fsp3) is 0.242. The highest BCUT2D eigenvalue weighted by atomic mass is 16.6. The second-order valence-electron chi connectivity index (χ2n) is 10.2. The predicted molar refractivity (Wildman–Crippen MR) is 149 cm³/mol. The van der Waals surface area contributed by atoms with Crippen molar-refractivity contribution in [3.05, 3.63) is 131 Å². The van der Waals surface area contributed by atoms with Gasteiger partial charge in [0.1, 0.15) is 17.5 Å². The lowest BCUT2D eigenvalue weighted by Gasteiger charge is -2.43. The van der Waals surface area contributed by atoms with Crippen molar-refractivity contribution in [2.75, 3.05) is 5.32 Å². The van der Waals surface area contributed by atoms with E-state index >= 15 is 0 Å². The average molecular weight is 508 g/mol. The Hall–Kier alpha value is -4.09. The van der Waals surface area contributed by atoms with Crippen molar-refractivity contribution in [2.24, 2.45) is 0 Å². The van der Waals surface area contributed by atoms with Crippen LogP contribution in [0.15, 0.2) is 103 Å². The number of carbonyl (C=O) groups is 1. The second kappa shape index (κ2) is 11.1. The summed E-state index contributed by atoms with van der Waals surface area (Å²) in [6, 6.07) is 33.6. The molecular weight excluding hydrogens is 474 g/mol. The van der Waals surface area contributed by atoms with Crippen LogP contribution in [0.5, 0.6) is 5.75 Å². The van der Waals surface area contributed by atoms with Gasteiger partial charge in [-0.25, -0.2) is 4.79 Å². The summed E-state index contributed by atoms with van der Waals surface area (Å²) < 4.78 is 19.1. The molecule has 1 N–H and O–H groups in total. The first-order valence-electron chi connectivity index (χ1n) is 12.9. The molecule has 5 nitrogen and oxygen atoms in total. The molecule has 0 saturated carbocycles. The minimum absolute atomic E-state index is 0.376. The SMILES string of the molecule is Cc1ccc(C(=O)OC2C(OCc3ccccc3)c3cc(NCc4ccccc4)ccc3OC2(C)C)cc1. The quantitative estimate of drug-likeness (QED) is 0.254.